The van der Waals surface area contributed by atoms with Crippen LogP contribution >= 0.6 is 0 Å². The number of hydrogen-bond donors (Lipinski definition) is 1. The van der Waals surface area contributed by atoms with Crippen LogP contribution in [0.5, 0.6) is 0 Å². The molecule has 0 radical (unpaired) electrons. The Balaban J connectivity index is 2.34. The van der Waals surface area contributed by atoms with Gasteiger partial charge in [-0.2, -0.15) is 0 Å². The minimum atomic E-state index is -3.43. The molecule has 4 heteroatoms. The zero-order chi connectivity index (χ0) is 14.8. The normalized spacial score (nSPS) is 27.0. The van der Waals surface area contributed by atoms with E-state index in [2.05, 4.69) is 6.58 Å². The summed E-state index contributed by atoms with van der Waals surface area (Å²) in [6.07, 6.45) is 3.53. The fourth-order valence-corrected chi connectivity index (χ4v) is 5.31. The van der Waals surface area contributed by atoms with Crippen LogP contribution in [0.2, 0.25) is 0 Å². The van der Waals surface area contributed by atoms with Gasteiger partial charge in [0.15, 0.2) is 9.84 Å². The Morgan fingerprint density at radius 2 is 2.10 bits per heavy atom. The second-order valence-corrected chi connectivity index (χ2v) is 7.83. The second-order valence-electron chi connectivity index (χ2n) is 5.54. The summed E-state index contributed by atoms with van der Waals surface area (Å²) < 4.78 is 24.9. The smallest absolute Gasteiger partial charge is 0.184 e. The van der Waals surface area contributed by atoms with Crippen molar-refractivity contribution in [3.63, 3.8) is 0 Å². The van der Waals surface area contributed by atoms with E-state index < -0.39 is 20.7 Å². The lowest BCUT2D eigenvalue weighted by Crippen LogP contribution is -2.29. The molecule has 1 saturated carbocycles. The van der Waals surface area contributed by atoms with Gasteiger partial charge in [-0.1, -0.05) is 37.6 Å². The van der Waals surface area contributed by atoms with Crippen LogP contribution in [0.4, 0.5) is 0 Å². The first-order valence-electron chi connectivity index (χ1n) is 7.08. The van der Waals surface area contributed by atoms with Crippen LogP contribution in [0.15, 0.2) is 47.9 Å². The van der Waals surface area contributed by atoms with E-state index >= 15 is 0 Å². The SMILES string of the molecule is C=CC[C@]1(S(=O)(=O)c2ccccc2)C[C@H]1[C@@H](O)CCC. The average molecular weight is 294 g/mol. The number of hydrogen-bond acceptors (Lipinski definition) is 3. The molecule has 20 heavy (non-hydrogen) atoms. The molecule has 1 aromatic rings. The highest BCUT2D eigenvalue weighted by Gasteiger charge is 2.64. The first-order chi connectivity index (χ1) is 9.49. The largest absolute Gasteiger partial charge is 0.393 e. The van der Waals surface area contributed by atoms with Crippen LogP contribution in [0.3, 0.4) is 0 Å². The zero-order valence-electron chi connectivity index (χ0n) is 11.8. The van der Waals surface area contributed by atoms with Crippen molar-refractivity contribution in [1.29, 1.82) is 0 Å². The molecule has 0 amide bonds. The number of benzene rings is 1. The van der Waals surface area contributed by atoms with Gasteiger partial charge in [0.2, 0.25) is 0 Å². The Hall–Kier alpha value is -1.13. The number of aliphatic hydroxyl groups is 1. The van der Waals surface area contributed by atoms with Crippen LogP contribution in [0, 0.1) is 5.92 Å². The summed E-state index contributed by atoms with van der Waals surface area (Å²) in [5, 5.41) is 10.2. The van der Waals surface area contributed by atoms with Gasteiger partial charge >= 0.3 is 0 Å². The molecule has 1 aromatic carbocycles. The fraction of sp³-hybridized carbons (Fsp3) is 0.500. The first-order valence-corrected chi connectivity index (χ1v) is 8.56. The van der Waals surface area contributed by atoms with Crippen LogP contribution in [0.1, 0.15) is 32.6 Å². The highest BCUT2D eigenvalue weighted by molar-refractivity contribution is 7.93. The molecular weight excluding hydrogens is 272 g/mol. The molecule has 1 aliphatic carbocycles. The maximum atomic E-state index is 12.9. The van der Waals surface area contributed by atoms with E-state index in [1.54, 1.807) is 36.4 Å². The fourth-order valence-electron chi connectivity index (χ4n) is 3.03. The molecule has 0 unspecified atom stereocenters. The molecule has 0 spiro atoms. The minimum absolute atomic E-state index is 0.175. The molecule has 0 saturated heterocycles. The van der Waals surface area contributed by atoms with Crippen molar-refractivity contribution >= 4 is 9.84 Å². The van der Waals surface area contributed by atoms with Crippen LogP contribution in [0.25, 0.3) is 0 Å². The average Bonchev–Trinajstić information content (AvgIpc) is 3.17. The minimum Gasteiger partial charge on any atom is -0.393 e. The standard InChI is InChI=1S/C16H22O3S/c1-3-8-15(17)14-12-16(14,11-4-2)20(18,19)13-9-6-5-7-10-13/h4-7,9-10,14-15,17H,2-3,8,11-12H2,1H3/t14-,15-,16-/m0/s1. The molecule has 1 N–H and O–H groups in total. The molecular formula is C16H22O3S. The topological polar surface area (TPSA) is 54.4 Å². The van der Waals surface area contributed by atoms with Gasteiger partial charge in [0.1, 0.15) is 0 Å². The molecule has 2 rings (SSSR count). The van der Waals surface area contributed by atoms with Crippen molar-refractivity contribution < 1.29 is 13.5 Å². The molecule has 110 valence electrons. The van der Waals surface area contributed by atoms with Gasteiger partial charge in [-0.25, -0.2) is 8.42 Å². The summed E-state index contributed by atoms with van der Waals surface area (Å²) in [6.45, 7) is 5.68. The van der Waals surface area contributed by atoms with Gasteiger partial charge in [-0.3, -0.25) is 0 Å². The summed E-state index contributed by atoms with van der Waals surface area (Å²) in [7, 11) is -3.43. The van der Waals surface area contributed by atoms with Crippen molar-refractivity contribution in [3.05, 3.63) is 43.0 Å². The van der Waals surface area contributed by atoms with Crippen LogP contribution in [-0.2, 0) is 9.84 Å². The van der Waals surface area contributed by atoms with E-state index in [9.17, 15) is 13.5 Å². The summed E-state index contributed by atoms with van der Waals surface area (Å²) in [4.78, 5) is 0.341. The molecule has 0 aromatic heterocycles. The van der Waals surface area contributed by atoms with Crippen molar-refractivity contribution in [2.75, 3.05) is 0 Å². The maximum absolute atomic E-state index is 12.9. The van der Waals surface area contributed by atoms with E-state index in [0.29, 0.717) is 24.2 Å². The zero-order valence-corrected chi connectivity index (χ0v) is 12.6. The molecule has 0 aliphatic heterocycles. The molecule has 1 fully saturated rings. The Labute approximate surface area is 121 Å². The highest BCUT2D eigenvalue weighted by atomic mass is 32.2. The van der Waals surface area contributed by atoms with Crippen molar-refractivity contribution in [3.8, 4) is 0 Å². The Morgan fingerprint density at radius 3 is 2.65 bits per heavy atom. The molecule has 0 heterocycles. The van der Waals surface area contributed by atoms with Gasteiger partial charge < -0.3 is 5.11 Å². The quantitative estimate of drug-likeness (QED) is 0.787. The third-order valence-electron chi connectivity index (χ3n) is 4.21. The third kappa shape index (κ3) is 2.42. The Kier molecular flexibility index (Phi) is 4.35. The predicted molar refractivity (Wildman–Crippen MR) is 80.2 cm³/mol. The van der Waals surface area contributed by atoms with Crippen LogP contribution < -0.4 is 0 Å². The lowest BCUT2D eigenvalue weighted by atomic mass is 10.1. The number of aliphatic hydroxyl groups excluding tert-OH is 1. The molecule has 3 atom stereocenters. The van der Waals surface area contributed by atoms with Gasteiger partial charge in [-0.15, -0.1) is 6.58 Å². The Morgan fingerprint density at radius 1 is 1.45 bits per heavy atom. The van der Waals surface area contributed by atoms with Crippen molar-refractivity contribution in [2.45, 2.75) is 48.4 Å². The van der Waals surface area contributed by atoms with E-state index in [0.717, 1.165) is 6.42 Å². The lowest BCUT2D eigenvalue weighted by Gasteiger charge is -2.19. The van der Waals surface area contributed by atoms with Gasteiger partial charge in [0.25, 0.3) is 0 Å². The molecule has 1 aliphatic rings. The van der Waals surface area contributed by atoms with Gasteiger partial charge in [0.05, 0.1) is 15.7 Å². The maximum Gasteiger partial charge on any atom is 0.184 e. The molecule has 0 bridgehead atoms. The van der Waals surface area contributed by atoms with E-state index in [1.165, 1.54) is 0 Å². The summed E-state index contributed by atoms with van der Waals surface area (Å²) >= 11 is 0. The number of rotatable bonds is 7. The Bertz CT molecular complexity index is 565. The lowest BCUT2D eigenvalue weighted by molar-refractivity contribution is 0.136. The monoisotopic (exact) mass is 294 g/mol. The van der Waals surface area contributed by atoms with E-state index in [4.69, 9.17) is 0 Å². The van der Waals surface area contributed by atoms with Crippen LogP contribution in [-0.4, -0.2) is 24.4 Å². The number of sulfone groups is 1. The van der Waals surface area contributed by atoms with E-state index in [-0.39, 0.29) is 5.92 Å². The summed E-state index contributed by atoms with van der Waals surface area (Å²) in [6, 6.07) is 8.52. The van der Waals surface area contributed by atoms with Crippen molar-refractivity contribution in [2.24, 2.45) is 5.92 Å². The van der Waals surface area contributed by atoms with E-state index in [1.807, 2.05) is 6.92 Å². The van der Waals surface area contributed by atoms with Crippen molar-refractivity contribution in [1.82, 2.24) is 0 Å². The summed E-state index contributed by atoms with van der Waals surface area (Å²) in [5.41, 5.74) is 0. The molecule has 3 nitrogen and oxygen atoms in total. The first kappa shape index (κ1) is 15.3. The summed E-state index contributed by atoms with van der Waals surface area (Å²) in [5.74, 6) is -0.175. The second kappa shape index (κ2) is 5.70. The highest BCUT2D eigenvalue weighted by Crippen LogP contribution is 2.57. The van der Waals surface area contributed by atoms with Gasteiger partial charge in [-0.05, 0) is 31.4 Å². The number of allylic oxidation sites excluding steroid dienone is 1. The van der Waals surface area contributed by atoms with Gasteiger partial charge in [0, 0.05) is 5.92 Å². The predicted octanol–water partition coefficient (Wildman–Crippen LogP) is 2.96. The third-order valence-corrected chi connectivity index (χ3v) is 6.81.